The smallest absolute Gasteiger partial charge is 0.297 e. The zero-order valence-corrected chi connectivity index (χ0v) is 46.8. The Morgan fingerprint density at radius 2 is 0.786 bits per heavy atom. The van der Waals surface area contributed by atoms with Gasteiger partial charge in [0.15, 0.2) is 0 Å². The van der Waals surface area contributed by atoms with E-state index < -0.39 is 0 Å². The molecule has 0 unspecified atom stereocenters. The molecule has 1 aromatic heterocycles. The van der Waals surface area contributed by atoms with Crippen LogP contribution in [0.3, 0.4) is 0 Å². The molecule has 70 heavy (non-hydrogen) atoms. The topological polar surface area (TPSA) is 19.6 Å². The van der Waals surface area contributed by atoms with Gasteiger partial charge in [-0.2, -0.15) is 0 Å². The van der Waals surface area contributed by atoms with Crippen LogP contribution in [0.1, 0.15) is 184 Å². The first-order chi connectivity index (χ1) is 32.1. The van der Waals surface area contributed by atoms with Crippen LogP contribution in [-0.2, 0) is 37.9 Å². The average Bonchev–Trinajstić information content (AvgIpc) is 3.62. The molecule has 2 aliphatic rings. The molecule has 0 aliphatic carbocycles. The van der Waals surface area contributed by atoms with Gasteiger partial charge in [-0.05, 0) is 148 Å². The highest BCUT2D eigenvalue weighted by Crippen LogP contribution is 2.51. The van der Waals surface area contributed by atoms with Crippen LogP contribution in [0.15, 0.2) is 114 Å². The number of fused-ring (bicyclic) bond motifs is 6. The molecule has 364 valence electrons. The van der Waals surface area contributed by atoms with Crippen LogP contribution >= 0.6 is 0 Å². The molecule has 0 atom stereocenters. The highest BCUT2D eigenvalue weighted by molar-refractivity contribution is 7.00. The molecular weight excluding hydrogens is 848 g/mol. The third kappa shape index (κ3) is 8.64. The van der Waals surface area contributed by atoms with Crippen molar-refractivity contribution >= 4 is 68.4 Å². The standard InChI is InChI=1S/C66H81BN2O/c1-60(2,3)41-22-27-48(28-23-41)68-54-38-47(66(19,20)21)39-55-57(54)67(59-58(68)50-36-43(62(7,8)9)26-31-56(50)70-59)51-37-44(63(10,11)12)25-30-53(51)69(55)52-29-24-42(61(4,5)6)35-49(52)40-32-45(64(13,14)15)34-46(33-40)65(16,17)18/h22-39H,1-21H3. The maximum Gasteiger partial charge on any atom is 0.297 e. The number of benzene rings is 6. The lowest BCUT2D eigenvalue weighted by Crippen LogP contribution is -2.61. The van der Waals surface area contributed by atoms with Crippen molar-refractivity contribution in [2.75, 3.05) is 9.80 Å². The molecule has 0 fully saturated rings. The molecule has 0 bridgehead atoms. The van der Waals surface area contributed by atoms with Crippen LogP contribution < -0.4 is 26.4 Å². The van der Waals surface area contributed by atoms with E-state index in [9.17, 15) is 0 Å². The summed E-state index contributed by atoms with van der Waals surface area (Å²) in [5.41, 5.74) is 22.8. The van der Waals surface area contributed by atoms with Gasteiger partial charge in [-0.1, -0.05) is 200 Å². The van der Waals surface area contributed by atoms with Crippen LogP contribution in [0.25, 0.3) is 22.1 Å². The van der Waals surface area contributed by atoms with E-state index >= 15 is 0 Å². The highest BCUT2D eigenvalue weighted by atomic mass is 16.3. The average molecular weight is 929 g/mol. The van der Waals surface area contributed by atoms with Gasteiger partial charge < -0.3 is 14.2 Å². The minimum absolute atomic E-state index is 0.0151. The fraction of sp³-hybridized carbons (Fsp3) is 0.424. The SMILES string of the molecule is CC(C)(C)c1ccc(N2c3cc(C(C)(C)C)cc4c3B(c3cc(C(C)(C)C)ccc3N4c3ccc(C(C)(C)C)cc3-c3cc(C(C)(C)C)cc(C(C)(C)C)c3)c3oc4ccc(C(C)(C)C)cc4c32)cc1. The van der Waals surface area contributed by atoms with Crippen molar-refractivity contribution in [3.8, 4) is 11.1 Å². The highest BCUT2D eigenvalue weighted by Gasteiger charge is 2.48. The molecule has 0 amide bonds. The summed E-state index contributed by atoms with van der Waals surface area (Å²) in [4.78, 5) is 5.20. The molecule has 4 heteroatoms. The molecule has 0 saturated carbocycles. The molecule has 2 aliphatic heterocycles. The zero-order chi connectivity index (χ0) is 51.2. The van der Waals surface area contributed by atoms with Gasteiger partial charge in [0.2, 0.25) is 0 Å². The van der Waals surface area contributed by atoms with E-state index in [0.717, 1.165) is 28.0 Å². The molecule has 0 N–H and O–H groups in total. The van der Waals surface area contributed by atoms with Gasteiger partial charge in [-0.3, -0.25) is 0 Å². The Labute approximate surface area is 423 Å². The second-order valence-corrected chi connectivity index (χ2v) is 28.2. The van der Waals surface area contributed by atoms with Crippen molar-refractivity contribution < 1.29 is 4.42 Å². The molecule has 3 heterocycles. The van der Waals surface area contributed by atoms with E-state index in [1.165, 1.54) is 83.7 Å². The van der Waals surface area contributed by atoms with Gasteiger partial charge in [-0.15, -0.1) is 0 Å². The Kier molecular flexibility index (Phi) is 11.3. The minimum atomic E-state index is -0.162. The predicted molar refractivity (Wildman–Crippen MR) is 307 cm³/mol. The maximum absolute atomic E-state index is 7.43. The lowest BCUT2D eigenvalue weighted by Gasteiger charge is -2.44. The Bertz CT molecular complexity index is 3150. The number of furan rings is 1. The number of hydrogen-bond acceptors (Lipinski definition) is 3. The van der Waals surface area contributed by atoms with Gasteiger partial charge >= 0.3 is 0 Å². The summed E-state index contributed by atoms with van der Waals surface area (Å²) in [5, 5.41) is 1.15. The molecule has 7 aromatic rings. The van der Waals surface area contributed by atoms with Crippen LogP contribution in [0.2, 0.25) is 0 Å². The quantitative estimate of drug-likeness (QED) is 0.165. The summed E-state index contributed by atoms with van der Waals surface area (Å²) >= 11 is 0. The normalized spacial score (nSPS) is 14.6. The van der Waals surface area contributed by atoms with E-state index in [2.05, 4.69) is 264 Å². The lowest BCUT2D eigenvalue weighted by atomic mass is 9.35. The van der Waals surface area contributed by atoms with Gasteiger partial charge in [-0.25, -0.2) is 0 Å². The third-order valence-corrected chi connectivity index (χ3v) is 15.3. The van der Waals surface area contributed by atoms with E-state index in [0.29, 0.717) is 0 Å². The Balaban J connectivity index is 1.46. The van der Waals surface area contributed by atoms with Crippen LogP contribution in [0, 0.1) is 0 Å². The number of hydrogen-bond donors (Lipinski definition) is 0. The van der Waals surface area contributed by atoms with Crippen molar-refractivity contribution in [3.63, 3.8) is 0 Å². The van der Waals surface area contributed by atoms with Crippen LogP contribution in [-0.4, -0.2) is 6.71 Å². The van der Waals surface area contributed by atoms with Crippen molar-refractivity contribution in [1.29, 1.82) is 0 Å². The Morgan fingerprint density at radius 1 is 0.357 bits per heavy atom. The van der Waals surface area contributed by atoms with Gasteiger partial charge in [0, 0.05) is 33.7 Å². The first kappa shape index (κ1) is 49.5. The lowest BCUT2D eigenvalue weighted by molar-refractivity contribution is 0.569. The summed E-state index contributed by atoms with van der Waals surface area (Å²) < 4.78 is 7.43. The Morgan fingerprint density at radius 3 is 1.30 bits per heavy atom. The molecule has 6 aromatic carbocycles. The molecule has 0 radical (unpaired) electrons. The molecule has 0 saturated heterocycles. The zero-order valence-electron chi connectivity index (χ0n) is 46.8. The van der Waals surface area contributed by atoms with E-state index in [-0.39, 0.29) is 44.6 Å². The first-order valence-corrected chi connectivity index (χ1v) is 26.0. The van der Waals surface area contributed by atoms with Crippen LogP contribution in [0.5, 0.6) is 0 Å². The number of rotatable bonds is 3. The van der Waals surface area contributed by atoms with Crippen molar-refractivity contribution in [2.24, 2.45) is 0 Å². The van der Waals surface area contributed by atoms with E-state index in [1.807, 2.05) is 0 Å². The third-order valence-electron chi connectivity index (χ3n) is 15.3. The van der Waals surface area contributed by atoms with Gasteiger partial charge in [0.1, 0.15) is 5.58 Å². The molecule has 0 spiro atoms. The number of nitrogens with zero attached hydrogens (tertiary/aromatic N) is 2. The number of anilines is 6. The molecule has 9 rings (SSSR count). The summed E-state index contributed by atoms with van der Waals surface area (Å²) in [7, 11) is 0. The summed E-state index contributed by atoms with van der Waals surface area (Å²) in [6.07, 6.45) is 0. The largest absolute Gasteiger partial charge is 0.468 e. The van der Waals surface area contributed by atoms with Crippen molar-refractivity contribution in [1.82, 2.24) is 0 Å². The van der Waals surface area contributed by atoms with Crippen molar-refractivity contribution in [3.05, 3.63) is 148 Å². The molecular formula is C66H81BN2O. The maximum atomic E-state index is 7.43. The Hall–Kier alpha value is -5.48. The first-order valence-electron chi connectivity index (χ1n) is 26.0. The second-order valence-electron chi connectivity index (χ2n) is 28.2. The minimum Gasteiger partial charge on any atom is -0.468 e. The van der Waals surface area contributed by atoms with E-state index in [1.54, 1.807) is 0 Å². The monoisotopic (exact) mass is 929 g/mol. The predicted octanol–water partition coefficient (Wildman–Crippen LogP) is 17.3. The van der Waals surface area contributed by atoms with Gasteiger partial charge in [0.05, 0.1) is 17.0 Å². The molecule has 3 nitrogen and oxygen atoms in total. The van der Waals surface area contributed by atoms with E-state index in [4.69, 9.17) is 4.42 Å². The van der Waals surface area contributed by atoms with Crippen LogP contribution in [0.4, 0.5) is 34.1 Å². The summed E-state index contributed by atoms with van der Waals surface area (Å²) in [6.45, 7) is 48.9. The summed E-state index contributed by atoms with van der Waals surface area (Å²) in [5.74, 6) is 0. The fourth-order valence-electron chi connectivity index (χ4n) is 10.6. The summed E-state index contributed by atoms with van der Waals surface area (Å²) in [6, 6.07) is 43.4. The van der Waals surface area contributed by atoms with Crippen molar-refractivity contribution in [2.45, 2.75) is 183 Å². The second kappa shape index (κ2) is 16.0. The fourth-order valence-corrected chi connectivity index (χ4v) is 10.6. The van der Waals surface area contributed by atoms with Gasteiger partial charge in [0.25, 0.3) is 6.71 Å².